The van der Waals surface area contributed by atoms with Crippen molar-refractivity contribution in [2.24, 2.45) is 11.8 Å². The van der Waals surface area contributed by atoms with Gasteiger partial charge in [0, 0.05) is 24.5 Å². The van der Waals surface area contributed by atoms with Crippen molar-refractivity contribution in [3.8, 4) is 0 Å². The molecule has 0 bridgehead atoms. The molecule has 2 aliphatic rings. The van der Waals surface area contributed by atoms with Crippen LogP contribution in [0.1, 0.15) is 76.7 Å². The second-order valence-electron chi connectivity index (χ2n) is 9.13. The summed E-state index contributed by atoms with van der Waals surface area (Å²) in [5, 5.41) is 3.80. The number of piperidine rings is 1. The molecule has 5 heteroatoms. The van der Waals surface area contributed by atoms with Crippen molar-refractivity contribution in [3.05, 3.63) is 34.9 Å². The maximum atomic E-state index is 13.1. The van der Waals surface area contributed by atoms with Gasteiger partial charge in [-0.2, -0.15) is 0 Å². The summed E-state index contributed by atoms with van der Waals surface area (Å²) >= 11 is 5.99. The molecule has 1 saturated carbocycles. The van der Waals surface area contributed by atoms with Gasteiger partial charge in [-0.3, -0.25) is 9.59 Å². The normalized spacial score (nSPS) is 19.5. The smallest absolute Gasteiger partial charge is 0.245 e. The molecular weight excluding hydrogens is 384 g/mol. The Labute approximate surface area is 180 Å². The number of hydrogen-bond donors (Lipinski definition) is 1. The van der Waals surface area contributed by atoms with Crippen LogP contribution >= 0.6 is 11.6 Å². The van der Waals surface area contributed by atoms with E-state index in [1.807, 2.05) is 30.9 Å². The topological polar surface area (TPSA) is 49.4 Å². The Hall–Kier alpha value is -1.55. The quantitative estimate of drug-likeness (QED) is 0.665. The summed E-state index contributed by atoms with van der Waals surface area (Å²) in [6.45, 7) is 5.52. The molecule has 0 aromatic heterocycles. The SMILES string of the molecule is CC(C)[C@@H](NC(=O)CCC1CCCC1)C(=O)N1CCC(c2ccc(Cl)cc2)CC1. The Balaban J connectivity index is 1.49. The number of carbonyl (C=O) groups excluding carboxylic acids is 2. The van der Waals surface area contributed by atoms with Crippen molar-refractivity contribution in [3.63, 3.8) is 0 Å². The molecule has 0 spiro atoms. The molecule has 0 radical (unpaired) electrons. The van der Waals surface area contributed by atoms with Gasteiger partial charge in [0.05, 0.1) is 0 Å². The second kappa shape index (κ2) is 10.5. The number of benzene rings is 1. The van der Waals surface area contributed by atoms with Crippen molar-refractivity contribution in [2.45, 2.75) is 77.2 Å². The Bertz CT molecular complexity index is 675. The Morgan fingerprint density at radius 2 is 1.69 bits per heavy atom. The molecule has 29 heavy (non-hydrogen) atoms. The molecule has 1 aliphatic heterocycles. The highest BCUT2D eigenvalue weighted by molar-refractivity contribution is 6.30. The first-order chi connectivity index (χ1) is 13.9. The largest absolute Gasteiger partial charge is 0.344 e. The number of halogens is 1. The highest BCUT2D eigenvalue weighted by Crippen LogP contribution is 2.30. The van der Waals surface area contributed by atoms with Crippen LogP contribution in [0.2, 0.25) is 5.02 Å². The average Bonchev–Trinajstić information content (AvgIpc) is 3.24. The van der Waals surface area contributed by atoms with Crippen LogP contribution in [0.4, 0.5) is 0 Å². The van der Waals surface area contributed by atoms with Gasteiger partial charge in [0.2, 0.25) is 11.8 Å². The number of amides is 2. The first-order valence-electron chi connectivity index (χ1n) is 11.3. The molecule has 2 fully saturated rings. The number of carbonyl (C=O) groups is 2. The molecule has 2 amide bonds. The van der Waals surface area contributed by atoms with Gasteiger partial charge in [0.1, 0.15) is 6.04 Å². The van der Waals surface area contributed by atoms with Crippen molar-refractivity contribution in [1.82, 2.24) is 10.2 Å². The van der Waals surface area contributed by atoms with Gasteiger partial charge in [-0.15, -0.1) is 0 Å². The van der Waals surface area contributed by atoms with Crippen LogP contribution in [0.5, 0.6) is 0 Å². The van der Waals surface area contributed by atoms with Crippen molar-refractivity contribution in [2.75, 3.05) is 13.1 Å². The summed E-state index contributed by atoms with van der Waals surface area (Å²) < 4.78 is 0. The van der Waals surface area contributed by atoms with Crippen molar-refractivity contribution in [1.29, 1.82) is 0 Å². The summed E-state index contributed by atoms with van der Waals surface area (Å²) in [4.78, 5) is 27.5. The number of rotatable bonds is 7. The fourth-order valence-corrected chi connectivity index (χ4v) is 4.88. The standard InChI is InChI=1S/C24H35ClN2O2/c1-17(2)23(26-22(28)12-7-18-5-3-4-6-18)24(29)27-15-13-20(14-16-27)19-8-10-21(25)11-9-19/h8-11,17-18,20,23H,3-7,12-16H2,1-2H3,(H,26,28)/t23-/m1/s1. The van der Waals surface area contributed by atoms with Gasteiger partial charge in [0.15, 0.2) is 0 Å². The highest BCUT2D eigenvalue weighted by Gasteiger charge is 2.31. The Kier molecular flexibility index (Phi) is 7.99. The van der Waals surface area contributed by atoms with Gasteiger partial charge in [0.25, 0.3) is 0 Å². The predicted octanol–water partition coefficient (Wildman–Crippen LogP) is 5.16. The minimum absolute atomic E-state index is 0.0278. The molecular formula is C24H35ClN2O2. The first-order valence-corrected chi connectivity index (χ1v) is 11.7. The van der Waals surface area contributed by atoms with E-state index in [0.717, 1.165) is 37.4 Å². The van der Waals surface area contributed by atoms with E-state index in [1.54, 1.807) is 0 Å². The van der Waals surface area contributed by atoms with Gasteiger partial charge >= 0.3 is 0 Å². The lowest BCUT2D eigenvalue weighted by atomic mass is 9.89. The monoisotopic (exact) mass is 418 g/mol. The zero-order valence-corrected chi connectivity index (χ0v) is 18.6. The van der Waals surface area contributed by atoms with E-state index in [9.17, 15) is 9.59 Å². The molecule has 3 rings (SSSR count). The van der Waals surface area contributed by atoms with E-state index in [0.29, 0.717) is 18.3 Å². The van der Waals surface area contributed by atoms with Gasteiger partial charge in [-0.05, 0) is 54.7 Å². The Morgan fingerprint density at radius 3 is 2.28 bits per heavy atom. The van der Waals surface area contributed by atoms with E-state index in [-0.39, 0.29) is 17.7 Å². The maximum absolute atomic E-state index is 13.1. The molecule has 1 N–H and O–H groups in total. The summed E-state index contributed by atoms with van der Waals surface area (Å²) in [7, 11) is 0. The van der Waals surface area contributed by atoms with Crippen LogP contribution in [0, 0.1) is 11.8 Å². The van der Waals surface area contributed by atoms with Crippen LogP contribution in [-0.4, -0.2) is 35.8 Å². The van der Waals surface area contributed by atoms with E-state index in [4.69, 9.17) is 11.6 Å². The minimum atomic E-state index is -0.418. The molecule has 1 atom stereocenters. The van der Waals surface area contributed by atoms with E-state index in [2.05, 4.69) is 17.4 Å². The number of nitrogens with one attached hydrogen (secondary N) is 1. The van der Waals surface area contributed by atoms with E-state index < -0.39 is 6.04 Å². The van der Waals surface area contributed by atoms with Gasteiger partial charge in [-0.25, -0.2) is 0 Å². The summed E-state index contributed by atoms with van der Waals surface area (Å²) in [5.41, 5.74) is 1.29. The summed E-state index contributed by atoms with van der Waals surface area (Å²) in [6, 6.07) is 7.63. The minimum Gasteiger partial charge on any atom is -0.344 e. The van der Waals surface area contributed by atoms with Gasteiger partial charge < -0.3 is 10.2 Å². The van der Waals surface area contributed by atoms with Gasteiger partial charge in [-0.1, -0.05) is 63.3 Å². The number of hydrogen-bond acceptors (Lipinski definition) is 2. The Morgan fingerprint density at radius 1 is 1.07 bits per heavy atom. The zero-order chi connectivity index (χ0) is 20.8. The number of nitrogens with zero attached hydrogens (tertiary/aromatic N) is 1. The molecule has 1 saturated heterocycles. The third-order valence-corrected chi connectivity index (χ3v) is 6.90. The molecule has 160 valence electrons. The first kappa shape index (κ1) is 22.1. The number of likely N-dealkylation sites (tertiary alicyclic amines) is 1. The van der Waals surface area contributed by atoms with Crippen LogP contribution in [0.25, 0.3) is 0 Å². The van der Waals surface area contributed by atoms with E-state index in [1.165, 1.54) is 31.2 Å². The zero-order valence-electron chi connectivity index (χ0n) is 17.8. The summed E-state index contributed by atoms with van der Waals surface area (Å²) in [5.74, 6) is 1.35. The van der Waals surface area contributed by atoms with Crippen LogP contribution in [-0.2, 0) is 9.59 Å². The third kappa shape index (κ3) is 6.21. The molecule has 0 unspecified atom stereocenters. The van der Waals surface area contributed by atoms with Crippen LogP contribution in [0.15, 0.2) is 24.3 Å². The fourth-order valence-electron chi connectivity index (χ4n) is 4.76. The summed E-state index contributed by atoms with van der Waals surface area (Å²) in [6.07, 6.45) is 8.50. The fraction of sp³-hybridized carbons (Fsp3) is 0.667. The van der Waals surface area contributed by atoms with Crippen molar-refractivity contribution >= 4 is 23.4 Å². The predicted molar refractivity (Wildman–Crippen MR) is 118 cm³/mol. The lowest BCUT2D eigenvalue weighted by Gasteiger charge is -2.35. The van der Waals surface area contributed by atoms with Crippen LogP contribution in [0.3, 0.4) is 0 Å². The highest BCUT2D eigenvalue weighted by atomic mass is 35.5. The molecule has 1 aromatic rings. The maximum Gasteiger partial charge on any atom is 0.245 e. The van der Waals surface area contributed by atoms with Crippen LogP contribution < -0.4 is 5.32 Å². The molecule has 1 heterocycles. The molecule has 1 aromatic carbocycles. The average molecular weight is 419 g/mol. The lowest BCUT2D eigenvalue weighted by Crippen LogP contribution is -2.52. The molecule has 4 nitrogen and oxygen atoms in total. The second-order valence-corrected chi connectivity index (χ2v) is 9.57. The van der Waals surface area contributed by atoms with E-state index >= 15 is 0 Å². The lowest BCUT2D eigenvalue weighted by molar-refractivity contribution is -0.138. The molecule has 1 aliphatic carbocycles. The van der Waals surface area contributed by atoms with Crippen molar-refractivity contribution < 1.29 is 9.59 Å². The third-order valence-electron chi connectivity index (χ3n) is 6.65.